The highest BCUT2D eigenvalue weighted by Gasteiger charge is 2.29. The van der Waals surface area contributed by atoms with Gasteiger partial charge in [-0.1, -0.05) is 52.5 Å². The van der Waals surface area contributed by atoms with Crippen LogP contribution in [0.1, 0.15) is 51.9 Å². The first-order valence-corrected chi connectivity index (χ1v) is 19.0. The van der Waals surface area contributed by atoms with Crippen molar-refractivity contribution in [3.8, 4) is 11.3 Å². The Labute approximate surface area is 257 Å². The molecule has 1 aromatic carbocycles. The first-order valence-electron chi connectivity index (χ1n) is 15.3. The highest BCUT2D eigenvalue weighted by Crippen LogP contribution is 2.30. The summed E-state index contributed by atoms with van der Waals surface area (Å²) in [4.78, 5) is 39.5. The lowest BCUT2D eigenvalue weighted by Crippen LogP contribution is -2.51. The van der Waals surface area contributed by atoms with E-state index in [0.717, 1.165) is 49.2 Å². The molecule has 3 aromatic rings. The Morgan fingerprint density at radius 3 is 2.35 bits per heavy atom. The number of piperazine rings is 1. The summed E-state index contributed by atoms with van der Waals surface area (Å²) in [5, 5.41) is 0. The summed E-state index contributed by atoms with van der Waals surface area (Å²) >= 11 is 0. The van der Waals surface area contributed by atoms with Crippen LogP contribution in [0.2, 0.25) is 25.7 Å². The van der Waals surface area contributed by atoms with E-state index in [2.05, 4.69) is 41.6 Å². The summed E-state index contributed by atoms with van der Waals surface area (Å²) in [6.07, 6.45) is 3.65. The van der Waals surface area contributed by atoms with Crippen molar-refractivity contribution in [2.45, 2.75) is 79.6 Å². The fraction of sp³-hybridized carbons (Fsp3) is 0.576. The van der Waals surface area contributed by atoms with Crippen LogP contribution in [0.15, 0.2) is 36.7 Å². The molecular weight excluding hydrogens is 558 g/mol. The van der Waals surface area contributed by atoms with Crippen LogP contribution < -0.4 is 4.90 Å². The second-order valence-corrected chi connectivity index (χ2v) is 20.2. The molecule has 0 spiro atoms. The molecule has 0 amide bonds. The molecule has 0 unspecified atom stereocenters. The first kappa shape index (κ1) is 32.8. The number of nitrogens with zero attached hydrogens (tertiary/aromatic N) is 5. The van der Waals surface area contributed by atoms with Crippen LogP contribution in [0.4, 0.5) is 5.69 Å². The third-order valence-corrected chi connectivity index (χ3v) is 9.33. The Morgan fingerprint density at radius 2 is 1.72 bits per heavy atom. The molecule has 234 valence electrons. The molecule has 4 rings (SSSR count). The van der Waals surface area contributed by atoms with Crippen LogP contribution >= 0.6 is 0 Å². The predicted molar refractivity (Wildman–Crippen MR) is 175 cm³/mol. The minimum Gasteiger partial charge on any atom is -0.458 e. The first-order chi connectivity index (χ1) is 20.0. The van der Waals surface area contributed by atoms with E-state index in [1.165, 1.54) is 6.92 Å². The molecule has 0 bridgehead atoms. The van der Waals surface area contributed by atoms with E-state index in [0.29, 0.717) is 36.6 Å². The molecule has 0 atom stereocenters. The Bertz CT molecular complexity index is 1450. The number of ether oxygens (including phenoxy) is 2. The van der Waals surface area contributed by atoms with Crippen molar-refractivity contribution in [3.05, 3.63) is 42.2 Å². The lowest BCUT2D eigenvalue weighted by Gasteiger charge is -2.39. The highest BCUT2D eigenvalue weighted by atomic mass is 28.3. The Hall–Kier alpha value is -3.08. The number of carbonyl (C=O) groups excluding carboxylic acids is 2. The Balaban J connectivity index is 1.54. The van der Waals surface area contributed by atoms with Crippen molar-refractivity contribution in [3.63, 3.8) is 0 Å². The average Bonchev–Trinajstić information content (AvgIpc) is 3.26. The Kier molecular flexibility index (Phi) is 9.83. The number of ketones is 1. The summed E-state index contributed by atoms with van der Waals surface area (Å²) in [6.45, 7) is 23.4. The number of hydrogen-bond donors (Lipinski definition) is 0. The number of fused-ring (bicyclic) bond motifs is 1. The minimum absolute atomic E-state index is 0.0355. The molecule has 9 nitrogen and oxygen atoms in total. The van der Waals surface area contributed by atoms with Gasteiger partial charge in [-0.15, -0.1) is 0 Å². The number of rotatable bonds is 11. The van der Waals surface area contributed by atoms with Crippen LogP contribution in [0.3, 0.4) is 0 Å². The van der Waals surface area contributed by atoms with Gasteiger partial charge in [0.25, 0.3) is 0 Å². The summed E-state index contributed by atoms with van der Waals surface area (Å²) in [6, 6.07) is 9.44. The third-order valence-electron chi connectivity index (χ3n) is 7.62. The van der Waals surface area contributed by atoms with Crippen molar-refractivity contribution in [1.82, 2.24) is 19.4 Å². The van der Waals surface area contributed by atoms with Crippen LogP contribution in [-0.2, 0) is 21.0 Å². The molecule has 0 aliphatic carbocycles. The molecule has 0 saturated carbocycles. The quantitative estimate of drug-likeness (QED) is 0.112. The molecule has 3 heterocycles. The van der Waals surface area contributed by atoms with Crippen molar-refractivity contribution >= 4 is 36.7 Å². The minimum atomic E-state index is -1.21. The van der Waals surface area contributed by atoms with Gasteiger partial charge in [-0.2, -0.15) is 0 Å². The third kappa shape index (κ3) is 8.74. The Morgan fingerprint density at radius 1 is 1.02 bits per heavy atom. The van der Waals surface area contributed by atoms with Gasteiger partial charge >= 0.3 is 5.97 Å². The maximum absolute atomic E-state index is 13.5. The van der Waals surface area contributed by atoms with Gasteiger partial charge in [-0.3, -0.25) is 14.5 Å². The number of anilines is 1. The van der Waals surface area contributed by atoms with Gasteiger partial charge in [-0.05, 0) is 32.0 Å². The fourth-order valence-corrected chi connectivity index (χ4v) is 6.14. The predicted octanol–water partition coefficient (Wildman–Crippen LogP) is 6.10. The van der Waals surface area contributed by atoms with E-state index in [4.69, 9.17) is 19.4 Å². The van der Waals surface area contributed by atoms with Gasteiger partial charge in [0.1, 0.15) is 17.8 Å². The smallest absolute Gasteiger partial charge is 0.303 e. The molecule has 0 radical (unpaired) electrons. The van der Waals surface area contributed by atoms with E-state index >= 15 is 0 Å². The molecule has 1 fully saturated rings. The topological polar surface area (TPSA) is 89.8 Å². The van der Waals surface area contributed by atoms with E-state index in [9.17, 15) is 9.59 Å². The fourth-order valence-electron chi connectivity index (χ4n) is 5.39. The lowest BCUT2D eigenvalue weighted by atomic mass is 9.87. The molecule has 10 heteroatoms. The maximum Gasteiger partial charge on any atom is 0.303 e. The van der Waals surface area contributed by atoms with Gasteiger partial charge in [0.2, 0.25) is 0 Å². The van der Waals surface area contributed by atoms with E-state index in [1.54, 1.807) is 6.20 Å². The number of aromatic nitrogens is 3. The molecule has 1 aliphatic rings. The number of benzene rings is 1. The summed E-state index contributed by atoms with van der Waals surface area (Å²) < 4.78 is 13.4. The zero-order valence-electron chi connectivity index (χ0n) is 27.5. The van der Waals surface area contributed by atoms with Crippen LogP contribution in [-0.4, -0.2) is 84.2 Å². The van der Waals surface area contributed by atoms with Crippen LogP contribution in [0.25, 0.3) is 22.4 Å². The SMILES string of the molecule is CC(=O)OC(C)(C)CN1CCN(c2cccc(-c3cnc4c(n3)c(C(=O)C(C)(C)C)cn4COCC[Si](C)(C)C)c2)CC1. The van der Waals surface area contributed by atoms with Crippen molar-refractivity contribution in [2.24, 2.45) is 5.41 Å². The van der Waals surface area contributed by atoms with Crippen molar-refractivity contribution in [2.75, 3.05) is 44.2 Å². The van der Waals surface area contributed by atoms with Gasteiger partial charge in [-0.25, -0.2) is 9.97 Å². The van der Waals surface area contributed by atoms with Crippen LogP contribution in [0, 0.1) is 5.41 Å². The lowest BCUT2D eigenvalue weighted by molar-refractivity contribution is -0.155. The standard InChI is InChI=1S/C33H49N5O4Si/c1-24(39)42-33(5,6)22-36-13-15-37(16-14-36)26-12-10-11-25(19-26)28-20-34-31-29(35-28)27(30(40)32(2,3)4)21-38(31)23-41-17-18-43(7,8)9/h10-12,19-21H,13-18,22-23H2,1-9H3. The van der Waals surface area contributed by atoms with Crippen molar-refractivity contribution in [1.29, 1.82) is 0 Å². The van der Waals surface area contributed by atoms with Gasteiger partial charge in [0, 0.05) is 77.2 Å². The van der Waals surface area contributed by atoms with E-state index < -0.39 is 19.1 Å². The number of Topliss-reactive ketones (excluding diaryl/α,β-unsaturated/α-hetero) is 1. The molecule has 2 aromatic heterocycles. The summed E-state index contributed by atoms with van der Waals surface area (Å²) in [5.74, 6) is -0.215. The van der Waals surface area contributed by atoms with Gasteiger partial charge < -0.3 is 18.9 Å². The number of hydrogen-bond acceptors (Lipinski definition) is 8. The zero-order chi connectivity index (χ0) is 31.6. The number of carbonyl (C=O) groups is 2. The van der Waals surface area contributed by atoms with Gasteiger partial charge in [0.15, 0.2) is 11.4 Å². The summed E-state index contributed by atoms with van der Waals surface area (Å²) in [5.41, 5.74) is 3.60. The normalized spacial score (nSPS) is 15.2. The van der Waals surface area contributed by atoms with E-state index in [1.807, 2.05) is 57.5 Å². The highest BCUT2D eigenvalue weighted by molar-refractivity contribution is 6.76. The molecule has 1 saturated heterocycles. The molecular formula is C33H49N5O4Si. The maximum atomic E-state index is 13.5. The largest absolute Gasteiger partial charge is 0.458 e. The molecule has 43 heavy (non-hydrogen) atoms. The van der Waals surface area contributed by atoms with Crippen molar-refractivity contribution < 1.29 is 19.1 Å². The monoisotopic (exact) mass is 607 g/mol. The zero-order valence-corrected chi connectivity index (χ0v) is 28.5. The van der Waals surface area contributed by atoms with Gasteiger partial charge in [0.05, 0.1) is 17.5 Å². The van der Waals surface area contributed by atoms with Crippen LogP contribution in [0.5, 0.6) is 0 Å². The van der Waals surface area contributed by atoms with E-state index in [-0.39, 0.29) is 11.8 Å². The second kappa shape index (κ2) is 12.9. The summed E-state index contributed by atoms with van der Waals surface area (Å²) in [7, 11) is -1.21. The number of esters is 1. The molecule has 1 aliphatic heterocycles. The molecule has 0 N–H and O–H groups in total. The second-order valence-electron chi connectivity index (χ2n) is 14.5. The average molecular weight is 608 g/mol.